The molecule has 10 N–H and O–H groups in total. The number of nitrogens with one attached hydrogen (secondary N) is 3. The lowest BCUT2D eigenvalue weighted by Crippen LogP contribution is -2.59. The van der Waals surface area contributed by atoms with Crippen LogP contribution in [0.25, 0.3) is 0 Å². The topological polar surface area (TPSA) is 251 Å². The quantitative estimate of drug-likeness (QED) is 0.127. The molecule has 6 atom stereocenters. The summed E-state index contributed by atoms with van der Waals surface area (Å²) in [6, 6.07) is -6.13. The second-order valence-electron chi connectivity index (χ2n) is 7.37. The summed E-state index contributed by atoms with van der Waals surface area (Å²) in [6.07, 6.45) is -2.59. The van der Waals surface area contributed by atoms with E-state index in [1.807, 2.05) is 5.32 Å². The third-order valence-corrected chi connectivity index (χ3v) is 4.66. The van der Waals surface area contributed by atoms with Gasteiger partial charge in [-0.2, -0.15) is 0 Å². The minimum atomic E-state index is -1.75. The summed E-state index contributed by atoms with van der Waals surface area (Å²) in [7, 11) is 0. The maximum Gasteiger partial charge on any atom is 0.328 e. The van der Waals surface area contributed by atoms with Crippen LogP contribution in [0.1, 0.15) is 40.0 Å². The van der Waals surface area contributed by atoms with Gasteiger partial charge in [-0.1, -0.05) is 20.3 Å². The minimum absolute atomic E-state index is 0.273. The number of amides is 4. The molecule has 0 heterocycles. The average Bonchev–Trinajstić information content (AvgIpc) is 2.68. The number of aliphatic carboxylic acids is 2. The van der Waals surface area contributed by atoms with Gasteiger partial charge in [0.25, 0.3) is 0 Å². The fourth-order valence-electron chi connectivity index (χ4n) is 2.49. The molecule has 0 spiro atoms. The van der Waals surface area contributed by atoms with E-state index in [4.69, 9.17) is 21.7 Å². The van der Waals surface area contributed by atoms with Crippen molar-refractivity contribution in [1.29, 1.82) is 0 Å². The molecular weight excluding hydrogens is 430 g/mol. The highest BCUT2D eigenvalue weighted by molar-refractivity contribution is 5.97. The Morgan fingerprint density at radius 1 is 0.844 bits per heavy atom. The first-order valence-electron chi connectivity index (χ1n) is 9.78. The van der Waals surface area contributed by atoms with Crippen molar-refractivity contribution in [3.05, 3.63) is 0 Å². The lowest BCUT2D eigenvalue weighted by Gasteiger charge is -2.25. The Bertz CT molecular complexity index is 728. The monoisotopic (exact) mass is 461 g/mol. The summed E-state index contributed by atoms with van der Waals surface area (Å²) < 4.78 is 0. The third-order valence-electron chi connectivity index (χ3n) is 4.66. The summed E-state index contributed by atoms with van der Waals surface area (Å²) >= 11 is 0. The lowest BCUT2D eigenvalue weighted by molar-refractivity contribution is -0.145. The van der Waals surface area contributed by atoms with Crippen LogP contribution < -0.4 is 27.4 Å². The summed E-state index contributed by atoms with van der Waals surface area (Å²) in [4.78, 5) is 70.9. The van der Waals surface area contributed by atoms with Gasteiger partial charge in [-0.3, -0.25) is 24.0 Å². The van der Waals surface area contributed by atoms with Crippen LogP contribution in [0.15, 0.2) is 0 Å². The molecule has 0 fully saturated rings. The number of nitrogens with two attached hydrogens (primary N) is 2. The van der Waals surface area contributed by atoms with Crippen LogP contribution in [0, 0.1) is 5.92 Å². The van der Waals surface area contributed by atoms with Gasteiger partial charge in [0, 0.05) is 0 Å². The highest BCUT2D eigenvalue weighted by atomic mass is 16.4. The van der Waals surface area contributed by atoms with Crippen LogP contribution >= 0.6 is 0 Å². The second kappa shape index (κ2) is 13.2. The van der Waals surface area contributed by atoms with Crippen molar-refractivity contribution in [3.8, 4) is 0 Å². The van der Waals surface area contributed by atoms with Crippen LogP contribution in [-0.2, 0) is 28.8 Å². The van der Waals surface area contributed by atoms with Gasteiger partial charge in [0.05, 0.1) is 25.0 Å². The van der Waals surface area contributed by atoms with E-state index in [1.165, 1.54) is 0 Å². The van der Waals surface area contributed by atoms with Crippen molar-refractivity contribution < 1.29 is 44.1 Å². The number of carbonyl (C=O) groups is 6. The number of aliphatic hydroxyl groups excluding tert-OH is 1. The Labute approximate surface area is 184 Å². The molecule has 0 aliphatic heterocycles. The van der Waals surface area contributed by atoms with Gasteiger partial charge in [-0.15, -0.1) is 0 Å². The largest absolute Gasteiger partial charge is 0.481 e. The van der Waals surface area contributed by atoms with Gasteiger partial charge >= 0.3 is 11.9 Å². The minimum Gasteiger partial charge on any atom is -0.481 e. The predicted molar refractivity (Wildman–Crippen MR) is 109 cm³/mol. The highest BCUT2D eigenvalue weighted by Gasteiger charge is 2.33. The third kappa shape index (κ3) is 9.70. The number of carboxylic acid groups (broad SMARTS) is 2. The molecule has 6 unspecified atom stereocenters. The van der Waals surface area contributed by atoms with Crippen LogP contribution in [0.4, 0.5) is 0 Å². The average molecular weight is 461 g/mol. The molecule has 0 saturated carbocycles. The molecule has 32 heavy (non-hydrogen) atoms. The molecule has 0 radical (unpaired) electrons. The zero-order valence-corrected chi connectivity index (χ0v) is 18.0. The molecule has 0 saturated heterocycles. The highest BCUT2D eigenvalue weighted by Crippen LogP contribution is 2.07. The van der Waals surface area contributed by atoms with E-state index >= 15 is 0 Å². The van der Waals surface area contributed by atoms with Crippen LogP contribution in [0.3, 0.4) is 0 Å². The van der Waals surface area contributed by atoms with Gasteiger partial charge in [0.15, 0.2) is 6.04 Å². The molecule has 4 amide bonds. The molecule has 0 rings (SSSR count). The SMILES string of the molecule is CCC(C)C(N)C(=O)NC(CC(=O)O)C(=O)NC(CC(N)=O)C(=O)NC(C(=O)O)C(C)O. The van der Waals surface area contributed by atoms with Gasteiger partial charge in [-0.05, 0) is 12.8 Å². The number of carboxylic acids is 2. The summed E-state index contributed by atoms with van der Waals surface area (Å²) in [5.41, 5.74) is 10.8. The number of primary amides is 1. The van der Waals surface area contributed by atoms with Crippen LogP contribution in [0.5, 0.6) is 0 Å². The first-order chi connectivity index (χ1) is 14.7. The molecule has 0 aliphatic carbocycles. The molecule has 0 aromatic heterocycles. The Morgan fingerprint density at radius 3 is 1.72 bits per heavy atom. The molecule has 0 aromatic carbocycles. The summed E-state index contributed by atoms with van der Waals surface area (Å²) in [5.74, 6) is -7.43. The maximum absolute atomic E-state index is 12.6. The van der Waals surface area contributed by atoms with Crippen molar-refractivity contribution >= 4 is 35.6 Å². The van der Waals surface area contributed by atoms with E-state index in [0.29, 0.717) is 6.42 Å². The van der Waals surface area contributed by atoms with Crippen molar-refractivity contribution in [1.82, 2.24) is 16.0 Å². The molecule has 0 aromatic rings. The van der Waals surface area contributed by atoms with Crippen molar-refractivity contribution in [2.75, 3.05) is 0 Å². The molecular formula is C18H31N5O9. The Hall–Kier alpha value is -3.26. The number of hydrogen-bond acceptors (Lipinski definition) is 8. The van der Waals surface area contributed by atoms with E-state index in [2.05, 4.69) is 10.6 Å². The normalized spacial score (nSPS) is 16.4. The Balaban J connectivity index is 5.58. The summed E-state index contributed by atoms with van der Waals surface area (Å²) in [6.45, 7) is 4.56. The van der Waals surface area contributed by atoms with Gasteiger partial charge in [0.1, 0.15) is 12.1 Å². The fourth-order valence-corrected chi connectivity index (χ4v) is 2.49. The van der Waals surface area contributed by atoms with Crippen LogP contribution in [-0.4, -0.2) is 81.2 Å². The van der Waals surface area contributed by atoms with Crippen molar-refractivity contribution in [2.24, 2.45) is 17.4 Å². The van der Waals surface area contributed by atoms with Crippen LogP contribution in [0.2, 0.25) is 0 Å². The van der Waals surface area contributed by atoms with E-state index < -0.39 is 78.7 Å². The Morgan fingerprint density at radius 2 is 1.31 bits per heavy atom. The number of rotatable bonds is 14. The van der Waals surface area contributed by atoms with E-state index in [0.717, 1.165) is 6.92 Å². The Kier molecular flexibility index (Phi) is 11.9. The zero-order chi connectivity index (χ0) is 25.2. The van der Waals surface area contributed by atoms with E-state index in [1.54, 1.807) is 13.8 Å². The van der Waals surface area contributed by atoms with Crippen molar-refractivity contribution in [2.45, 2.75) is 70.3 Å². The van der Waals surface area contributed by atoms with Gasteiger partial charge < -0.3 is 42.7 Å². The van der Waals surface area contributed by atoms with E-state index in [9.17, 15) is 33.9 Å². The van der Waals surface area contributed by atoms with Gasteiger partial charge in [0.2, 0.25) is 23.6 Å². The number of carbonyl (C=O) groups excluding carboxylic acids is 4. The lowest BCUT2D eigenvalue weighted by atomic mass is 9.99. The summed E-state index contributed by atoms with van der Waals surface area (Å²) in [5, 5.41) is 33.8. The molecule has 182 valence electrons. The second-order valence-corrected chi connectivity index (χ2v) is 7.37. The predicted octanol–water partition coefficient (Wildman–Crippen LogP) is -3.37. The molecule has 0 bridgehead atoms. The smallest absolute Gasteiger partial charge is 0.328 e. The molecule has 0 aliphatic rings. The maximum atomic E-state index is 12.6. The molecule has 14 nitrogen and oxygen atoms in total. The first kappa shape index (κ1) is 28.7. The van der Waals surface area contributed by atoms with Crippen molar-refractivity contribution in [3.63, 3.8) is 0 Å². The standard InChI is InChI=1S/C18H31N5O9/c1-4-7(2)13(20)17(30)22-10(6-12(26)27)15(28)21-9(5-11(19)25)16(29)23-14(8(3)24)18(31)32/h7-10,13-14,24H,4-6,20H2,1-3H3,(H2,19,25)(H,21,28)(H,22,30)(H,23,29)(H,26,27)(H,31,32). The molecule has 14 heteroatoms. The van der Waals surface area contributed by atoms with Gasteiger partial charge in [-0.25, -0.2) is 4.79 Å². The first-order valence-corrected chi connectivity index (χ1v) is 9.78. The zero-order valence-electron chi connectivity index (χ0n) is 18.0. The number of aliphatic hydroxyl groups is 1. The van der Waals surface area contributed by atoms with E-state index in [-0.39, 0.29) is 5.92 Å². The fraction of sp³-hybridized carbons (Fsp3) is 0.667. The number of hydrogen-bond donors (Lipinski definition) is 8.